The number of nitrogens with zero attached hydrogens (tertiary/aromatic N) is 2. The number of aromatic nitrogens is 2. The summed E-state index contributed by atoms with van der Waals surface area (Å²) in [5.74, 6) is -0.524. The van der Waals surface area contributed by atoms with Crippen molar-refractivity contribution in [1.29, 1.82) is 0 Å². The lowest BCUT2D eigenvalue weighted by Crippen LogP contribution is -2.33. The molecule has 1 unspecified atom stereocenters. The highest BCUT2D eigenvalue weighted by molar-refractivity contribution is 7.98. The van der Waals surface area contributed by atoms with E-state index in [-0.39, 0.29) is 30.5 Å². The predicted molar refractivity (Wildman–Crippen MR) is 122 cm³/mol. The second-order valence-corrected chi connectivity index (χ2v) is 8.47. The zero-order valence-corrected chi connectivity index (χ0v) is 18.5. The maximum absolute atomic E-state index is 14.0. The SMILES string of the molecule is Cn1c(SCc2ccccc2F)nc(=O)c2c1NC(=O)CC2c1ccc(OCC(N)=O)cc1. The molecule has 0 spiro atoms. The third-order valence-electron chi connectivity index (χ3n) is 5.28. The van der Waals surface area contributed by atoms with Crippen LogP contribution in [-0.4, -0.2) is 28.0 Å². The maximum Gasteiger partial charge on any atom is 0.279 e. The number of anilines is 1. The van der Waals surface area contributed by atoms with Gasteiger partial charge in [0.1, 0.15) is 17.4 Å². The van der Waals surface area contributed by atoms with E-state index in [9.17, 15) is 18.8 Å². The Morgan fingerprint density at radius 1 is 1.24 bits per heavy atom. The van der Waals surface area contributed by atoms with E-state index in [0.717, 1.165) is 5.56 Å². The average molecular weight is 469 g/mol. The van der Waals surface area contributed by atoms with Gasteiger partial charge < -0.3 is 20.4 Å². The molecule has 1 aliphatic heterocycles. The fraction of sp³-hybridized carbons (Fsp3) is 0.217. The van der Waals surface area contributed by atoms with Crippen LogP contribution in [0, 0.1) is 5.82 Å². The summed E-state index contributed by atoms with van der Waals surface area (Å²) < 4.78 is 20.9. The van der Waals surface area contributed by atoms with Gasteiger partial charge in [0.2, 0.25) is 5.91 Å². The molecule has 0 radical (unpaired) electrons. The smallest absolute Gasteiger partial charge is 0.279 e. The zero-order chi connectivity index (χ0) is 23.5. The number of benzene rings is 2. The Morgan fingerprint density at radius 2 is 1.97 bits per heavy atom. The lowest BCUT2D eigenvalue weighted by Gasteiger charge is -2.27. The number of halogens is 1. The van der Waals surface area contributed by atoms with Crippen molar-refractivity contribution in [3.8, 4) is 5.75 Å². The molecule has 8 nitrogen and oxygen atoms in total. The Kier molecular flexibility index (Phi) is 6.45. The maximum atomic E-state index is 14.0. The van der Waals surface area contributed by atoms with Crippen molar-refractivity contribution in [1.82, 2.24) is 9.55 Å². The molecule has 0 bridgehead atoms. The van der Waals surface area contributed by atoms with Gasteiger partial charge in [-0.3, -0.25) is 14.4 Å². The molecular weight excluding hydrogens is 447 g/mol. The molecule has 1 atom stereocenters. The van der Waals surface area contributed by atoms with Gasteiger partial charge in [0.15, 0.2) is 11.8 Å². The number of fused-ring (bicyclic) bond motifs is 1. The van der Waals surface area contributed by atoms with Crippen LogP contribution >= 0.6 is 11.8 Å². The van der Waals surface area contributed by atoms with Crippen LogP contribution in [-0.2, 0) is 22.4 Å². The van der Waals surface area contributed by atoms with Crippen LogP contribution in [0.1, 0.15) is 29.0 Å². The normalized spacial score (nSPS) is 15.0. The first-order valence-electron chi connectivity index (χ1n) is 10.1. The Hall–Kier alpha value is -3.66. The molecule has 2 aromatic carbocycles. The van der Waals surface area contributed by atoms with Crippen LogP contribution in [0.5, 0.6) is 5.75 Å². The first-order chi connectivity index (χ1) is 15.8. The highest BCUT2D eigenvalue weighted by atomic mass is 32.2. The molecule has 10 heteroatoms. The second-order valence-electron chi connectivity index (χ2n) is 7.53. The van der Waals surface area contributed by atoms with E-state index in [1.165, 1.54) is 17.8 Å². The van der Waals surface area contributed by atoms with E-state index in [1.54, 1.807) is 54.1 Å². The highest BCUT2D eigenvalue weighted by Crippen LogP contribution is 2.36. The third kappa shape index (κ3) is 4.90. The molecule has 0 saturated heterocycles. The van der Waals surface area contributed by atoms with E-state index >= 15 is 0 Å². The van der Waals surface area contributed by atoms with Gasteiger partial charge in [0.25, 0.3) is 11.5 Å². The summed E-state index contributed by atoms with van der Waals surface area (Å²) >= 11 is 1.22. The van der Waals surface area contributed by atoms with Gasteiger partial charge in [0.05, 0.1) is 5.56 Å². The standard InChI is InChI=1S/C23H21FN4O4S/c1-28-21-20(22(31)27-23(28)33-12-14-4-2-3-5-17(14)24)16(10-19(30)26-21)13-6-8-15(9-7-13)32-11-18(25)29/h2-9,16H,10-12H2,1H3,(H2,25,29)(H,26,30). The average Bonchev–Trinajstić information content (AvgIpc) is 2.79. The minimum absolute atomic E-state index is 0.0904. The molecule has 2 amide bonds. The van der Waals surface area contributed by atoms with E-state index in [4.69, 9.17) is 10.5 Å². The van der Waals surface area contributed by atoms with Gasteiger partial charge in [-0.25, -0.2) is 4.39 Å². The highest BCUT2D eigenvalue weighted by Gasteiger charge is 2.32. The molecule has 170 valence electrons. The largest absolute Gasteiger partial charge is 0.484 e. The number of amides is 2. The van der Waals surface area contributed by atoms with E-state index in [2.05, 4.69) is 10.3 Å². The number of carbonyl (C=O) groups is 2. The number of primary amides is 1. The Bertz CT molecular complexity index is 1280. The predicted octanol–water partition coefficient (Wildman–Crippen LogP) is 2.55. The van der Waals surface area contributed by atoms with Crippen LogP contribution in [0.25, 0.3) is 0 Å². The van der Waals surface area contributed by atoms with Gasteiger partial charge in [-0.15, -0.1) is 0 Å². The summed E-state index contributed by atoms with van der Waals surface area (Å²) in [6.45, 7) is -0.244. The van der Waals surface area contributed by atoms with Crippen molar-refractivity contribution in [2.45, 2.75) is 23.2 Å². The van der Waals surface area contributed by atoms with Crippen molar-refractivity contribution in [3.63, 3.8) is 0 Å². The van der Waals surface area contributed by atoms with Crippen LogP contribution in [0.4, 0.5) is 10.2 Å². The molecule has 1 aliphatic rings. The molecule has 4 rings (SSSR count). The van der Waals surface area contributed by atoms with Crippen molar-refractivity contribution in [2.75, 3.05) is 11.9 Å². The van der Waals surface area contributed by atoms with Gasteiger partial charge in [-0.1, -0.05) is 42.1 Å². The van der Waals surface area contributed by atoms with Crippen molar-refractivity contribution in [2.24, 2.45) is 12.8 Å². The van der Waals surface area contributed by atoms with Gasteiger partial charge in [-0.05, 0) is 29.3 Å². The minimum atomic E-state index is -0.588. The van der Waals surface area contributed by atoms with Crippen molar-refractivity contribution < 1.29 is 18.7 Å². The van der Waals surface area contributed by atoms with E-state index in [0.29, 0.717) is 27.9 Å². The summed E-state index contributed by atoms with van der Waals surface area (Å²) in [5.41, 5.74) is 6.26. The molecular formula is C23H21FN4O4S. The number of carbonyl (C=O) groups excluding carboxylic acids is 2. The van der Waals surface area contributed by atoms with Gasteiger partial charge >= 0.3 is 0 Å². The second kappa shape index (κ2) is 9.45. The minimum Gasteiger partial charge on any atom is -0.484 e. The first kappa shape index (κ1) is 22.5. The molecule has 3 aromatic rings. The van der Waals surface area contributed by atoms with Crippen molar-refractivity contribution in [3.05, 3.63) is 81.4 Å². The summed E-state index contributed by atoms with van der Waals surface area (Å²) in [4.78, 5) is 40.6. The lowest BCUT2D eigenvalue weighted by atomic mass is 9.87. The molecule has 0 saturated carbocycles. The van der Waals surface area contributed by atoms with Gasteiger partial charge in [0, 0.05) is 25.1 Å². The van der Waals surface area contributed by atoms with Crippen molar-refractivity contribution >= 4 is 29.4 Å². The monoisotopic (exact) mass is 468 g/mol. The van der Waals surface area contributed by atoms with Crippen LogP contribution < -0.4 is 21.3 Å². The molecule has 2 heterocycles. The fourth-order valence-electron chi connectivity index (χ4n) is 3.66. The Balaban J connectivity index is 1.64. The third-order valence-corrected chi connectivity index (χ3v) is 6.36. The van der Waals surface area contributed by atoms with Gasteiger partial charge in [-0.2, -0.15) is 4.98 Å². The summed E-state index contributed by atoms with van der Waals surface area (Å²) in [7, 11) is 1.71. The number of hydrogen-bond acceptors (Lipinski definition) is 6. The first-order valence-corrected chi connectivity index (χ1v) is 11.1. The number of nitrogens with two attached hydrogens (primary N) is 1. The number of thioether (sulfide) groups is 1. The lowest BCUT2D eigenvalue weighted by molar-refractivity contribution is -0.120. The molecule has 33 heavy (non-hydrogen) atoms. The van der Waals surface area contributed by atoms with Crippen LogP contribution in [0.15, 0.2) is 58.5 Å². The summed E-state index contributed by atoms with van der Waals surface area (Å²) in [5, 5.41) is 3.16. The van der Waals surface area contributed by atoms with E-state index in [1.807, 2.05) is 0 Å². The molecule has 3 N–H and O–H groups in total. The molecule has 0 aliphatic carbocycles. The Morgan fingerprint density at radius 3 is 2.67 bits per heavy atom. The quantitative estimate of drug-likeness (QED) is 0.407. The Labute approximate surface area is 193 Å². The topological polar surface area (TPSA) is 116 Å². The summed E-state index contributed by atoms with van der Waals surface area (Å²) in [6, 6.07) is 13.2. The summed E-state index contributed by atoms with van der Waals surface area (Å²) in [6.07, 6.45) is 0.0904. The zero-order valence-electron chi connectivity index (χ0n) is 17.7. The molecule has 1 aromatic heterocycles. The molecule has 0 fully saturated rings. The number of rotatable bonds is 7. The number of ether oxygens (including phenoxy) is 1. The number of nitrogens with one attached hydrogen (secondary N) is 1. The fourth-order valence-corrected chi connectivity index (χ4v) is 4.61. The van der Waals surface area contributed by atoms with E-state index < -0.39 is 17.4 Å². The van der Waals surface area contributed by atoms with Crippen LogP contribution in [0.3, 0.4) is 0 Å². The van der Waals surface area contributed by atoms with Crippen LogP contribution in [0.2, 0.25) is 0 Å². The number of hydrogen-bond donors (Lipinski definition) is 2.